The summed E-state index contributed by atoms with van der Waals surface area (Å²) in [6, 6.07) is -4.67. The minimum atomic E-state index is -1.35. The van der Waals surface area contributed by atoms with E-state index >= 15 is 0 Å². The summed E-state index contributed by atoms with van der Waals surface area (Å²) in [5.41, 5.74) is 5.47. The summed E-state index contributed by atoms with van der Waals surface area (Å²) in [6.07, 6.45) is 1.42. The number of hydrogen-bond donors (Lipinski definition) is 7. The second kappa shape index (κ2) is 14.1. The fourth-order valence-electron chi connectivity index (χ4n) is 2.30. The zero-order valence-electron chi connectivity index (χ0n) is 17.1. The molecule has 0 bridgehead atoms. The molecule has 0 aliphatic carbocycles. The van der Waals surface area contributed by atoms with Gasteiger partial charge in [-0.15, -0.1) is 0 Å². The van der Waals surface area contributed by atoms with Gasteiger partial charge in [-0.2, -0.15) is 24.4 Å². The second-order valence-corrected chi connectivity index (χ2v) is 8.21. The molecule has 0 aromatic heterocycles. The maximum Gasteiger partial charge on any atom is 0.326 e. The number of carboxylic acid groups (broad SMARTS) is 2. The van der Waals surface area contributed by atoms with Crippen LogP contribution in [-0.2, 0) is 24.0 Å². The number of carbonyl (C=O) groups excluding carboxylic acids is 3. The van der Waals surface area contributed by atoms with Gasteiger partial charge in [0.25, 0.3) is 0 Å². The Labute approximate surface area is 184 Å². The van der Waals surface area contributed by atoms with Gasteiger partial charge in [-0.05, 0) is 24.3 Å². The van der Waals surface area contributed by atoms with Crippen molar-refractivity contribution in [1.29, 1.82) is 0 Å². The summed E-state index contributed by atoms with van der Waals surface area (Å²) in [4.78, 5) is 59.1. The predicted octanol–water partition coefficient (Wildman–Crippen LogP) is -1.33. The first kappa shape index (κ1) is 28.0. The summed E-state index contributed by atoms with van der Waals surface area (Å²) in [5.74, 6) is -4.68. The highest BCUT2D eigenvalue weighted by atomic mass is 32.2. The standard InChI is InChI=1S/C17H30N4O7S2/c1-8(2)13(16(26)19-10(17(27)28)4-5-30-3)21-15(25)11(7-29)20-14(24)9(18)6-12(22)23/h8-11,13,29H,4-7,18H2,1-3H3,(H,19,26)(H,20,24)(H,21,25)(H,22,23)(H,27,28). The minimum absolute atomic E-state index is 0.130. The summed E-state index contributed by atoms with van der Waals surface area (Å²) in [7, 11) is 0. The van der Waals surface area contributed by atoms with E-state index < -0.39 is 60.2 Å². The van der Waals surface area contributed by atoms with Crippen molar-refractivity contribution in [2.45, 2.75) is 50.9 Å². The molecular formula is C17H30N4O7S2. The Bertz CT molecular complexity index is 633. The van der Waals surface area contributed by atoms with Crippen molar-refractivity contribution in [3.05, 3.63) is 0 Å². The van der Waals surface area contributed by atoms with Crippen molar-refractivity contribution in [2.75, 3.05) is 17.8 Å². The minimum Gasteiger partial charge on any atom is -0.481 e. The largest absolute Gasteiger partial charge is 0.481 e. The predicted molar refractivity (Wildman–Crippen MR) is 115 cm³/mol. The number of carbonyl (C=O) groups is 5. The van der Waals surface area contributed by atoms with E-state index in [1.165, 1.54) is 11.8 Å². The van der Waals surface area contributed by atoms with Crippen LogP contribution in [0, 0.1) is 5.92 Å². The summed E-state index contributed by atoms with van der Waals surface area (Å²) in [5, 5.41) is 25.2. The van der Waals surface area contributed by atoms with Gasteiger partial charge in [-0.1, -0.05) is 13.8 Å². The number of hydrogen-bond acceptors (Lipinski definition) is 8. The van der Waals surface area contributed by atoms with E-state index in [-0.39, 0.29) is 18.1 Å². The van der Waals surface area contributed by atoms with Crippen LogP contribution in [-0.4, -0.2) is 81.8 Å². The van der Waals surface area contributed by atoms with Gasteiger partial charge in [0.15, 0.2) is 0 Å². The molecule has 7 N–H and O–H groups in total. The highest BCUT2D eigenvalue weighted by Crippen LogP contribution is 2.06. The van der Waals surface area contributed by atoms with Gasteiger partial charge in [0.2, 0.25) is 17.7 Å². The quantitative estimate of drug-likeness (QED) is 0.152. The molecule has 172 valence electrons. The van der Waals surface area contributed by atoms with Crippen molar-refractivity contribution >= 4 is 54.1 Å². The molecule has 0 spiro atoms. The summed E-state index contributed by atoms with van der Waals surface area (Å²) in [6.45, 7) is 3.33. The molecule has 13 heteroatoms. The number of thioether (sulfide) groups is 1. The van der Waals surface area contributed by atoms with Gasteiger partial charge >= 0.3 is 11.9 Å². The van der Waals surface area contributed by atoms with Crippen molar-refractivity contribution in [2.24, 2.45) is 11.7 Å². The summed E-state index contributed by atoms with van der Waals surface area (Å²) >= 11 is 5.44. The average Bonchev–Trinajstić information content (AvgIpc) is 2.65. The first-order chi connectivity index (χ1) is 13.9. The molecule has 0 fully saturated rings. The number of nitrogens with two attached hydrogens (primary N) is 1. The molecule has 0 rings (SSSR count). The lowest BCUT2D eigenvalue weighted by Crippen LogP contribution is -2.59. The van der Waals surface area contributed by atoms with E-state index in [0.29, 0.717) is 5.75 Å². The number of rotatable bonds is 14. The SMILES string of the molecule is CSCCC(NC(=O)C(NC(=O)C(CS)NC(=O)C(N)CC(=O)O)C(C)C)C(=O)O. The Morgan fingerprint density at radius 3 is 1.97 bits per heavy atom. The molecule has 0 saturated carbocycles. The Balaban J connectivity index is 5.14. The molecule has 0 radical (unpaired) electrons. The molecule has 0 saturated heterocycles. The molecule has 30 heavy (non-hydrogen) atoms. The lowest BCUT2D eigenvalue weighted by molar-refractivity contribution is -0.142. The monoisotopic (exact) mass is 466 g/mol. The van der Waals surface area contributed by atoms with Gasteiger partial charge in [0.05, 0.1) is 12.5 Å². The number of nitrogens with one attached hydrogen (secondary N) is 3. The van der Waals surface area contributed by atoms with Gasteiger partial charge < -0.3 is 31.9 Å². The average molecular weight is 467 g/mol. The zero-order valence-corrected chi connectivity index (χ0v) is 18.8. The maximum absolute atomic E-state index is 12.6. The molecule has 0 heterocycles. The van der Waals surface area contributed by atoms with Crippen LogP contribution in [0.4, 0.5) is 0 Å². The van der Waals surface area contributed by atoms with E-state index in [2.05, 4.69) is 28.6 Å². The Morgan fingerprint density at radius 1 is 0.967 bits per heavy atom. The Kier molecular flexibility index (Phi) is 13.2. The number of amides is 3. The third-order valence-electron chi connectivity index (χ3n) is 4.02. The molecule has 0 aromatic carbocycles. The summed E-state index contributed by atoms with van der Waals surface area (Å²) < 4.78 is 0. The van der Waals surface area contributed by atoms with Crippen LogP contribution in [0.25, 0.3) is 0 Å². The molecular weight excluding hydrogens is 436 g/mol. The lowest BCUT2D eigenvalue weighted by Gasteiger charge is -2.26. The van der Waals surface area contributed by atoms with Crippen molar-refractivity contribution in [3.63, 3.8) is 0 Å². The molecule has 11 nitrogen and oxygen atoms in total. The normalized spacial score (nSPS) is 14.9. The van der Waals surface area contributed by atoms with Crippen molar-refractivity contribution < 1.29 is 34.2 Å². The van der Waals surface area contributed by atoms with E-state index in [1.807, 2.05) is 6.26 Å². The van der Waals surface area contributed by atoms with Gasteiger partial charge in [0, 0.05) is 5.75 Å². The van der Waals surface area contributed by atoms with Gasteiger partial charge in [-0.25, -0.2) is 4.79 Å². The third-order valence-corrected chi connectivity index (χ3v) is 5.03. The molecule has 0 aliphatic heterocycles. The highest BCUT2D eigenvalue weighted by molar-refractivity contribution is 7.98. The van der Waals surface area contributed by atoms with Crippen LogP contribution in [0.15, 0.2) is 0 Å². The van der Waals surface area contributed by atoms with E-state index in [0.717, 1.165) is 0 Å². The number of carboxylic acids is 2. The van der Waals surface area contributed by atoms with Crippen LogP contribution in [0.2, 0.25) is 0 Å². The fourth-order valence-corrected chi connectivity index (χ4v) is 3.03. The van der Waals surface area contributed by atoms with Crippen LogP contribution >= 0.6 is 24.4 Å². The van der Waals surface area contributed by atoms with Crippen LogP contribution < -0.4 is 21.7 Å². The Hall–Kier alpha value is -1.99. The molecule has 4 atom stereocenters. The van der Waals surface area contributed by atoms with Crippen molar-refractivity contribution in [3.8, 4) is 0 Å². The number of thiol groups is 1. The second-order valence-electron chi connectivity index (χ2n) is 6.86. The fraction of sp³-hybridized carbons (Fsp3) is 0.706. The van der Waals surface area contributed by atoms with Gasteiger partial charge in [-0.3, -0.25) is 19.2 Å². The first-order valence-electron chi connectivity index (χ1n) is 9.15. The lowest BCUT2D eigenvalue weighted by atomic mass is 10.0. The maximum atomic E-state index is 12.6. The number of aliphatic carboxylic acids is 2. The van der Waals surface area contributed by atoms with Crippen LogP contribution in [0.3, 0.4) is 0 Å². The van der Waals surface area contributed by atoms with Gasteiger partial charge in [0.1, 0.15) is 18.1 Å². The Morgan fingerprint density at radius 2 is 1.53 bits per heavy atom. The zero-order chi connectivity index (χ0) is 23.4. The smallest absolute Gasteiger partial charge is 0.326 e. The van der Waals surface area contributed by atoms with E-state index in [9.17, 15) is 29.1 Å². The first-order valence-corrected chi connectivity index (χ1v) is 11.2. The highest BCUT2D eigenvalue weighted by Gasteiger charge is 2.31. The third kappa shape index (κ3) is 10.2. The van der Waals surface area contributed by atoms with E-state index in [1.54, 1.807) is 13.8 Å². The topological polar surface area (TPSA) is 188 Å². The molecule has 0 aliphatic rings. The molecule has 0 aromatic rings. The molecule has 4 unspecified atom stereocenters. The van der Waals surface area contributed by atoms with Crippen LogP contribution in [0.5, 0.6) is 0 Å². The van der Waals surface area contributed by atoms with E-state index in [4.69, 9.17) is 10.8 Å². The molecule has 3 amide bonds. The van der Waals surface area contributed by atoms with Crippen LogP contribution in [0.1, 0.15) is 26.7 Å². The van der Waals surface area contributed by atoms with Crippen molar-refractivity contribution in [1.82, 2.24) is 16.0 Å².